The van der Waals surface area contributed by atoms with Crippen LogP contribution >= 0.6 is 11.3 Å². The molecule has 1 unspecified atom stereocenters. The third-order valence-electron chi connectivity index (χ3n) is 2.05. The van der Waals surface area contributed by atoms with E-state index in [1.165, 1.54) is 4.10 Å². The van der Waals surface area contributed by atoms with Gasteiger partial charge in [-0.05, 0) is 11.4 Å². The van der Waals surface area contributed by atoms with Crippen molar-refractivity contribution in [2.24, 2.45) is 5.11 Å². The third kappa shape index (κ3) is 1.36. The number of azo groups is 1. The summed E-state index contributed by atoms with van der Waals surface area (Å²) in [5.74, 6) is 0.485. The Morgan fingerprint density at radius 3 is 3.07 bits per heavy atom. The maximum absolute atomic E-state index is 8.90. The van der Waals surface area contributed by atoms with Crippen LogP contribution in [0.4, 0.5) is 0 Å². The quantitative estimate of drug-likeness (QED) is 0.453. The van der Waals surface area contributed by atoms with Crippen LogP contribution in [0.1, 0.15) is 11.0 Å². The van der Waals surface area contributed by atoms with Crippen LogP contribution in [0.3, 0.4) is 0 Å². The third-order valence-corrected chi connectivity index (χ3v) is 3.25. The first kappa shape index (κ1) is 9.42. The monoisotopic (exact) mass is 227 g/mol. The molecule has 14 heavy (non-hydrogen) atoms. The molecular formula is C8H9N3OS2. The number of aliphatic hydroxyl groups is 1. The highest BCUT2D eigenvalue weighted by Crippen LogP contribution is 2.32. The minimum absolute atomic E-state index is 0.0802. The van der Waals surface area contributed by atoms with Gasteiger partial charge >= 0.3 is 0 Å². The molecule has 1 N–H and O–H groups in total. The average molecular weight is 227 g/mol. The highest BCUT2D eigenvalue weighted by atomic mass is 32.1. The summed E-state index contributed by atoms with van der Waals surface area (Å²) in [6, 6.07) is 3.97. The zero-order valence-corrected chi connectivity index (χ0v) is 9.13. The van der Waals surface area contributed by atoms with Gasteiger partial charge in [-0.15, -0.1) is 11.3 Å². The molecule has 0 spiro atoms. The second kappa shape index (κ2) is 3.55. The molecule has 1 aliphatic heterocycles. The molecule has 1 aliphatic rings. The van der Waals surface area contributed by atoms with Crippen molar-refractivity contribution in [2.45, 2.75) is 6.17 Å². The van der Waals surface area contributed by atoms with Crippen molar-refractivity contribution in [3.8, 4) is 0 Å². The molecule has 0 bridgehead atoms. The Kier molecular flexibility index (Phi) is 2.39. The molecule has 0 aromatic carbocycles. The summed E-state index contributed by atoms with van der Waals surface area (Å²) in [7, 11) is 1.85. The van der Waals surface area contributed by atoms with Crippen molar-refractivity contribution >= 4 is 24.2 Å². The fraction of sp³-hybridized carbons (Fsp3) is 0.250. The van der Waals surface area contributed by atoms with E-state index in [2.05, 4.69) is 5.11 Å². The van der Waals surface area contributed by atoms with Gasteiger partial charge in [0.15, 0.2) is 0 Å². The van der Waals surface area contributed by atoms with Gasteiger partial charge in [0.2, 0.25) is 5.82 Å². The fourth-order valence-corrected chi connectivity index (χ4v) is 2.61. The van der Waals surface area contributed by atoms with E-state index in [4.69, 9.17) is 17.9 Å². The lowest BCUT2D eigenvalue weighted by molar-refractivity contribution is -0.476. The lowest BCUT2D eigenvalue weighted by atomic mass is 10.3. The number of aliphatic hydroxyl groups excluding tert-OH is 1. The Balaban J connectivity index is 2.36. The number of rotatable bonds is 1. The summed E-state index contributed by atoms with van der Waals surface area (Å²) >= 11 is 6.69. The average Bonchev–Trinajstić information content (AvgIpc) is 2.74. The predicted molar refractivity (Wildman–Crippen MR) is 55.6 cm³/mol. The minimum Gasteiger partial charge on any atom is -0.511 e. The first-order valence-electron chi connectivity index (χ1n) is 4.02. The molecule has 1 aromatic rings. The standard InChI is InChI=1S/C8H9N3OS2/c1-10-7(5-12)9-11(13)8(10)6-3-2-4-14-6/h2-5,8,12H,1H3. The highest BCUT2D eigenvalue weighted by Gasteiger charge is 2.33. The smallest absolute Gasteiger partial charge is 0.274 e. The van der Waals surface area contributed by atoms with Crippen LogP contribution < -0.4 is 0 Å². The van der Waals surface area contributed by atoms with E-state index in [9.17, 15) is 0 Å². The van der Waals surface area contributed by atoms with E-state index < -0.39 is 0 Å². The van der Waals surface area contributed by atoms with Crippen LogP contribution in [0, 0.1) is 0 Å². The Morgan fingerprint density at radius 2 is 2.57 bits per heavy atom. The van der Waals surface area contributed by atoms with Gasteiger partial charge in [0, 0.05) is 12.2 Å². The molecule has 2 heterocycles. The molecule has 0 saturated carbocycles. The minimum atomic E-state index is -0.0802. The Morgan fingerprint density at radius 1 is 1.79 bits per heavy atom. The van der Waals surface area contributed by atoms with Gasteiger partial charge in [-0.3, -0.25) is 4.90 Å². The van der Waals surface area contributed by atoms with Crippen LogP contribution in [0.5, 0.6) is 0 Å². The molecule has 0 aliphatic carbocycles. The molecule has 1 aromatic heterocycles. The summed E-state index contributed by atoms with van der Waals surface area (Å²) < 4.78 is 1.42. The number of hydrogen-bond acceptors (Lipinski definition) is 5. The van der Waals surface area contributed by atoms with Crippen LogP contribution in [0.15, 0.2) is 34.7 Å². The molecule has 0 amide bonds. The molecule has 74 valence electrons. The van der Waals surface area contributed by atoms with Crippen molar-refractivity contribution in [2.75, 3.05) is 7.05 Å². The van der Waals surface area contributed by atoms with Gasteiger partial charge in [0.05, 0.1) is 4.88 Å². The largest absolute Gasteiger partial charge is 0.511 e. The molecule has 1 atom stereocenters. The first-order valence-corrected chi connectivity index (χ1v) is 5.27. The number of hydrogen-bond donors (Lipinski definition) is 1. The van der Waals surface area contributed by atoms with E-state index in [0.717, 1.165) is 11.1 Å². The SMILES string of the molecule is CN1C(=CO)N=[N+]([S-])C1c1cccs1. The van der Waals surface area contributed by atoms with E-state index in [1.807, 2.05) is 29.5 Å². The van der Waals surface area contributed by atoms with Gasteiger partial charge in [0.25, 0.3) is 6.17 Å². The zero-order valence-electron chi connectivity index (χ0n) is 7.49. The lowest BCUT2D eigenvalue weighted by Crippen LogP contribution is -2.22. The molecule has 2 rings (SSSR count). The summed E-state index contributed by atoms with van der Waals surface area (Å²) in [6.45, 7) is 0. The molecule has 6 heteroatoms. The maximum Gasteiger partial charge on any atom is 0.274 e. The van der Waals surface area contributed by atoms with Crippen LogP contribution in [-0.4, -0.2) is 21.2 Å². The fourth-order valence-electron chi connectivity index (χ4n) is 1.35. The van der Waals surface area contributed by atoms with Crippen molar-refractivity contribution < 1.29 is 9.21 Å². The predicted octanol–water partition coefficient (Wildman–Crippen LogP) is 1.98. The normalized spacial score (nSPS) is 24.4. The van der Waals surface area contributed by atoms with Crippen molar-refractivity contribution in [1.29, 1.82) is 0 Å². The Labute approximate surface area is 91.3 Å². The van der Waals surface area contributed by atoms with Crippen LogP contribution in [-0.2, 0) is 12.8 Å². The summed E-state index contributed by atoms with van der Waals surface area (Å²) in [5.41, 5.74) is 0. The Hall–Kier alpha value is -1.14. The van der Waals surface area contributed by atoms with Crippen molar-refractivity contribution in [3.05, 3.63) is 34.5 Å². The first-order chi connectivity index (χ1) is 6.74. The number of nitrogens with zero attached hydrogens (tertiary/aromatic N) is 3. The Bertz CT molecular complexity index is 385. The summed E-state index contributed by atoms with van der Waals surface area (Å²) in [6.07, 6.45) is 0.885. The molecule has 0 radical (unpaired) electrons. The van der Waals surface area contributed by atoms with E-state index in [0.29, 0.717) is 5.82 Å². The lowest BCUT2D eigenvalue weighted by Gasteiger charge is -2.16. The van der Waals surface area contributed by atoms with Crippen molar-refractivity contribution in [1.82, 2.24) is 4.90 Å². The van der Waals surface area contributed by atoms with Crippen LogP contribution in [0.25, 0.3) is 0 Å². The summed E-state index contributed by atoms with van der Waals surface area (Å²) in [4.78, 5) is 2.95. The van der Waals surface area contributed by atoms with Gasteiger partial charge in [-0.1, -0.05) is 6.07 Å². The van der Waals surface area contributed by atoms with Crippen LogP contribution in [0.2, 0.25) is 0 Å². The molecule has 0 saturated heterocycles. The van der Waals surface area contributed by atoms with E-state index in [1.54, 1.807) is 11.3 Å². The van der Waals surface area contributed by atoms with E-state index in [-0.39, 0.29) is 6.17 Å². The zero-order chi connectivity index (χ0) is 10.1. The summed E-state index contributed by atoms with van der Waals surface area (Å²) in [5, 5.41) is 14.9. The highest BCUT2D eigenvalue weighted by molar-refractivity contribution is 7.51. The van der Waals surface area contributed by atoms with Gasteiger partial charge in [-0.25, -0.2) is 0 Å². The second-order valence-electron chi connectivity index (χ2n) is 2.89. The maximum atomic E-state index is 8.90. The molecule has 0 fully saturated rings. The van der Waals surface area contributed by atoms with Gasteiger partial charge in [0.1, 0.15) is 6.26 Å². The molecular weight excluding hydrogens is 218 g/mol. The van der Waals surface area contributed by atoms with Gasteiger partial charge in [-0.2, -0.15) is 4.10 Å². The number of thiophene rings is 1. The van der Waals surface area contributed by atoms with Crippen molar-refractivity contribution in [3.63, 3.8) is 0 Å². The molecule has 4 nitrogen and oxygen atoms in total. The topological polar surface area (TPSA) is 38.8 Å². The van der Waals surface area contributed by atoms with E-state index >= 15 is 0 Å². The second-order valence-corrected chi connectivity index (χ2v) is 4.24. The van der Waals surface area contributed by atoms with Gasteiger partial charge < -0.3 is 17.9 Å².